The molecule has 1 saturated heterocycles. The van der Waals surface area contributed by atoms with Gasteiger partial charge in [0.1, 0.15) is 5.60 Å². The first-order chi connectivity index (χ1) is 11.2. The van der Waals surface area contributed by atoms with Gasteiger partial charge in [0.05, 0.1) is 0 Å². The fourth-order valence-corrected chi connectivity index (χ4v) is 3.40. The van der Waals surface area contributed by atoms with E-state index in [0.717, 1.165) is 10.4 Å². The Morgan fingerprint density at radius 2 is 1.92 bits per heavy atom. The van der Waals surface area contributed by atoms with Crippen LogP contribution in [0.2, 0.25) is 0 Å². The summed E-state index contributed by atoms with van der Waals surface area (Å²) < 4.78 is 5.36. The van der Waals surface area contributed by atoms with Crippen LogP contribution < -0.4 is 5.43 Å². The van der Waals surface area contributed by atoms with E-state index >= 15 is 0 Å². The highest BCUT2D eigenvalue weighted by Crippen LogP contribution is 2.24. The smallest absolute Gasteiger partial charge is 0.410 e. The van der Waals surface area contributed by atoms with Crippen molar-refractivity contribution < 1.29 is 19.4 Å². The van der Waals surface area contributed by atoms with Gasteiger partial charge in [-0.15, -0.1) is 11.3 Å². The molecule has 1 amide bonds. The number of thiophene rings is 1. The molecular formula is C16H25N3O4S. The lowest BCUT2D eigenvalue weighted by molar-refractivity contribution is -0.141. The molecule has 7 nitrogen and oxygen atoms in total. The summed E-state index contributed by atoms with van der Waals surface area (Å²) in [4.78, 5) is 26.1. The van der Waals surface area contributed by atoms with Gasteiger partial charge in [0, 0.05) is 31.1 Å². The Kier molecular flexibility index (Phi) is 5.84. The summed E-state index contributed by atoms with van der Waals surface area (Å²) in [5, 5.41) is 13.3. The Labute approximate surface area is 146 Å². The van der Waals surface area contributed by atoms with Gasteiger partial charge in [-0.3, -0.25) is 4.79 Å². The van der Waals surface area contributed by atoms with Crippen LogP contribution in [0.15, 0.2) is 11.4 Å². The lowest BCUT2D eigenvalue weighted by atomic mass is 10.2. The van der Waals surface area contributed by atoms with E-state index in [4.69, 9.17) is 4.74 Å². The number of carbonyl (C=O) groups excluding carboxylic acids is 1. The summed E-state index contributed by atoms with van der Waals surface area (Å²) in [6.45, 7) is 9.51. The minimum absolute atomic E-state index is 0.328. The van der Waals surface area contributed by atoms with Crippen LogP contribution in [-0.4, -0.2) is 58.9 Å². The highest BCUT2D eigenvalue weighted by Gasteiger charge is 2.29. The first kappa shape index (κ1) is 18.7. The lowest BCUT2D eigenvalue weighted by Gasteiger charge is -2.36. The second-order valence-electron chi connectivity index (χ2n) is 6.82. The van der Waals surface area contributed by atoms with Crippen LogP contribution in [0.3, 0.4) is 0 Å². The number of nitrogens with zero attached hydrogens (tertiary/aromatic N) is 2. The molecular weight excluding hydrogens is 330 g/mol. The normalized spacial score (nSPS) is 17.6. The Balaban J connectivity index is 1.91. The van der Waals surface area contributed by atoms with Crippen LogP contribution >= 0.6 is 11.3 Å². The van der Waals surface area contributed by atoms with Crippen molar-refractivity contribution in [3.63, 3.8) is 0 Å². The number of nitrogens with one attached hydrogen (secondary N) is 1. The third-order valence-electron chi connectivity index (χ3n) is 3.65. The zero-order valence-electron chi connectivity index (χ0n) is 14.5. The monoisotopic (exact) mass is 355 g/mol. The number of aryl methyl sites for hydroxylation is 1. The third-order valence-corrected chi connectivity index (χ3v) is 4.74. The van der Waals surface area contributed by atoms with Gasteiger partial charge in [-0.1, -0.05) is 0 Å². The Morgan fingerprint density at radius 1 is 1.29 bits per heavy atom. The number of carboxylic acid groups (broad SMARTS) is 1. The van der Waals surface area contributed by atoms with Crippen molar-refractivity contribution in [1.82, 2.24) is 15.3 Å². The van der Waals surface area contributed by atoms with Crippen LogP contribution in [0.4, 0.5) is 4.79 Å². The summed E-state index contributed by atoms with van der Waals surface area (Å²) in [7, 11) is 0. The number of amides is 1. The van der Waals surface area contributed by atoms with Crippen molar-refractivity contribution in [1.29, 1.82) is 0 Å². The van der Waals surface area contributed by atoms with E-state index in [1.165, 1.54) is 11.3 Å². The average molecular weight is 355 g/mol. The molecule has 1 aliphatic rings. The second kappa shape index (κ2) is 7.50. The highest BCUT2D eigenvalue weighted by molar-refractivity contribution is 7.10. The van der Waals surface area contributed by atoms with Crippen LogP contribution in [0, 0.1) is 6.92 Å². The molecule has 24 heavy (non-hydrogen) atoms. The SMILES string of the molecule is Cc1ccsc1C(NN1CCN(C(=O)OC(C)(C)C)CC1)C(=O)O. The number of carboxylic acids is 1. The van der Waals surface area contributed by atoms with Gasteiger partial charge >= 0.3 is 12.1 Å². The number of piperazine rings is 1. The van der Waals surface area contributed by atoms with E-state index in [2.05, 4.69) is 5.43 Å². The fraction of sp³-hybridized carbons (Fsp3) is 0.625. The fourth-order valence-electron chi connectivity index (χ4n) is 2.43. The van der Waals surface area contributed by atoms with E-state index < -0.39 is 17.6 Å². The molecule has 1 fully saturated rings. The second-order valence-corrected chi connectivity index (χ2v) is 7.77. The molecule has 1 unspecified atom stereocenters. The van der Waals surface area contributed by atoms with Crippen molar-refractivity contribution in [3.05, 3.63) is 21.9 Å². The third kappa shape index (κ3) is 4.93. The Morgan fingerprint density at radius 3 is 2.38 bits per heavy atom. The molecule has 0 radical (unpaired) electrons. The number of carbonyl (C=O) groups is 2. The van der Waals surface area contributed by atoms with E-state index in [9.17, 15) is 14.7 Å². The summed E-state index contributed by atoms with van der Waals surface area (Å²) >= 11 is 1.43. The summed E-state index contributed by atoms with van der Waals surface area (Å²) in [6.07, 6.45) is -0.328. The minimum atomic E-state index is -0.907. The molecule has 2 heterocycles. The van der Waals surface area contributed by atoms with Crippen molar-refractivity contribution >= 4 is 23.4 Å². The first-order valence-corrected chi connectivity index (χ1v) is 8.81. The summed E-state index contributed by atoms with van der Waals surface area (Å²) in [6, 6.07) is 1.15. The molecule has 0 spiro atoms. The van der Waals surface area contributed by atoms with Crippen molar-refractivity contribution in [2.75, 3.05) is 26.2 Å². The zero-order chi connectivity index (χ0) is 17.9. The molecule has 2 rings (SSSR count). The molecule has 0 aliphatic carbocycles. The van der Waals surface area contributed by atoms with Crippen LogP contribution in [-0.2, 0) is 9.53 Å². The number of rotatable bonds is 4. The van der Waals surface area contributed by atoms with Gasteiger partial charge in [0.25, 0.3) is 0 Å². The quantitative estimate of drug-likeness (QED) is 0.862. The summed E-state index contributed by atoms with van der Waals surface area (Å²) in [5.41, 5.74) is 3.52. The predicted molar refractivity (Wildman–Crippen MR) is 91.9 cm³/mol. The van der Waals surface area contributed by atoms with E-state index in [1.54, 1.807) is 4.90 Å². The molecule has 1 aromatic rings. The minimum Gasteiger partial charge on any atom is -0.480 e. The van der Waals surface area contributed by atoms with Crippen molar-refractivity contribution in [3.8, 4) is 0 Å². The maximum atomic E-state index is 12.1. The number of ether oxygens (including phenoxy) is 1. The highest BCUT2D eigenvalue weighted by atomic mass is 32.1. The molecule has 2 N–H and O–H groups in total. The molecule has 0 saturated carbocycles. The van der Waals surface area contributed by atoms with Gasteiger partial charge in [-0.2, -0.15) is 0 Å². The maximum absolute atomic E-state index is 12.1. The molecule has 134 valence electrons. The molecule has 8 heteroatoms. The van der Waals surface area contributed by atoms with E-state index in [1.807, 2.05) is 44.2 Å². The van der Waals surface area contributed by atoms with Crippen LogP contribution in [0.1, 0.15) is 37.3 Å². The number of aliphatic carboxylic acids is 1. The predicted octanol–water partition coefficient (Wildman–Crippen LogP) is 2.24. The number of hydrogen-bond acceptors (Lipinski definition) is 6. The average Bonchev–Trinajstić information content (AvgIpc) is 2.89. The number of hydrogen-bond donors (Lipinski definition) is 2. The zero-order valence-corrected chi connectivity index (χ0v) is 15.4. The Hall–Kier alpha value is -1.64. The Bertz CT molecular complexity index is 588. The molecule has 1 atom stereocenters. The molecule has 1 aliphatic heterocycles. The van der Waals surface area contributed by atoms with Crippen molar-refractivity contribution in [2.45, 2.75) is 39.3 Å². The van der Waals surface area contributed by atoms with Gasteiger partial charge in [0.2, 0.25) is 0 Å². The van der Waals surface area contributed by atoms with Gasteiger partial charge in [-0.05, 0) is 44.7 Å². The number of hydrazine groups is 1. The molecule has 0 aromatic carbocycles. The lowest BCUT2D eigenvalue weighted by Crippen LogP contribution is -2.55. The molecule has 0 bridgehead atoms. The van der Waals surface area contributed by atoms with E-state index in [-0.39, 0.29) is 6.09 Å². The standard InChI is InChI=1S/C16H25N3O4S/c1-11-5-10-24-13(11)12(14(20)21)17-19-8-6-18(7-9-19)15(22)23-16(2,3)4/h5,10,12,17H,6-9H2,1-4H3,(H,20,21). The first-order valence-electron chi connectivity index (χ1n) is 7.93. The summed E-state index contributed by atoms with van der Waals surface area (Å²) in [5.74, 6) is -0.907. The van der Waals surface area contributed by atoms with Gasteiger partial charge in [-0.25, -0.2) is 15.2 Å². The topological polar surface area (TPSA) is 82.1 Å². The van der Waals surface area contributed by atoms with Gasteiger partial charge in [0.15, 0.2) is 6.04 Å². The van der Waals surface area contributed by atoms with Gasteiger partial charge < -0.3 is 14.7 Å². The van der Waals surface area contributed by atoms with E-state index in [0.29, 0.717) is 26.2 Å². The largest absolute Gasteiger partial charge is 0.480 e. The molecule has 1 aromatic heterocycles. The van der Waals surface area contributed by atoms with Crippen LogP contribution in [0.25, 0.3) is 0 Å². The maximum Gasteiger partial charge on any atom is 0.410 e. The van der Waals surface area contributed by atoms with Crippen LogP contribution in [0.5, 0.6) is 0 Å². The van der Waals surface area contributed by atoms with Crippen molar-refractivity contribution in [2.24, 2.45) is 0 Å².